The summed E-state index contributed by atoms with van der Waals surface area (Å²) in [6.45, 7) is 17.5. The number of hydrogen-bond acceptors (Lipinski definition) is 14. The summed E-state index contributed by atoms with van der Waals surface area (Å²) < 4.78 is 36.2. The molecule has 4 saturated carbocycles. The summed E-state index contributed by atoms with van der Waals surface area (Å²) in [6.07, 6.45) is -7.57. The summed E-state index contributed by atoms with van der Waals surface area (Å²) in [7, 11) is 0. The molecule has 3 aliphatic heterocycles. The molecule has 0 spiro atoms. The first-order valence-electron chi connectivity index (χ1n) is 23.0. The highest BCUT2D eigenvalue weighted by molar-refractivity contribution is 5.76. The zero-order valence-corrected chi connectivity index (χ0v) is 37.3. The van der Waals surface area contributed by atoms with Crippen LogP contribution in [0.25, 0.3) is 0 Å². The van der Waals surface area contributed by atoms with Crippen LogP contribution in [0.15, 0.2) is 11.6 Å². The third-order valence-corrected chi connectivity index (χ3v) is 18.5. The van der Waals surface area contributed by atoms with E-state index < -0.39 is 91.3 Å². The van der Waals surface area contributed by atoms with Gasteiger partial charge in [0.15, 0.2) is 18.9 Å². The fourth-order valence-electron chi connectivity index (χ4n) is 14.5. The molecule has 0 bridgehead atoms. The van der Waals surface area contributed by atoms with Gasteiger partial charge in [0.1, 0.15) is 54.9 Å². The molecule has 0 aromatic rings. The third-order valence-electron chi connectivity index (χ3n) is 18.5. The monoisotopic (exact) mass is 867 g/mol. The molecule has 3 heterocycles. The normalized spacial score (nSPS) is 54.3. The zero-order chi connectivity index (χ0) is 44.4. The largest absolute Gasteiger partial charge is 0.481 e. The van der Waals surface area contributed by atoms with Gasteiger partial charge in [-0.05, 0) is 116 Å². The van der Waals surface area contributed by atoms with Crippen molar-refractivity contribution in [3.8, 4) is 0 Å². The van der Waals surface area contributed by atoms with Crippen LogP contribution in [0.4, 0.5) is 0 Å². The molecule has 8 rings (SSSR count). The zero-order valence-electron chi connectivity index (χ0n) is 37.3. The third kappa shape index (κ3) is 7.21. The molecule has 0 unspecified atom stereocenters. The van der Waals surface area contributed by atoms with Gasteiger partial charge in [-0.25, -0.2) is 0 Å². The maximum absolute atomic E-state index is 13.1. The Kier molecular flexibility index (Phi) is 12.1. The highest BCUT2D eigenvalue weighted by Gasteiger charge is 2.69. The van der Waals surface area contributed by atoms with E-state index in [0.29, 0.717) is 12.3 Å². The number of aliphatic hydroxyl groups is 7. The average molecular weight is 867 g/mol. The van der Waals surface area contributed by atoms with Gasteiger partial charge in [0, 0.05) is 0 Å². The van der Waals surface area contributed by atoms with Crippen molar-refractivity contribution in [3.63, 3.8) is 0 Å². The number of carboxylic acid groups (broad SMARTS) is 1. The van der Waals surface area contributed by atoms with Crippen LogP contribution in [0, 0.1) is 50.2 Å². The fourth-order valence-corrected chi connectivity index (χ4v) is 14.5. The number of hydrogen-bond donors (Lipinski definition) is 8. The van der Waals surface area contributed by atoms with Crippen molar-refractivity contribution in [1.82, 2.24) is 0 Å². The first-order chi connectivity index (χ1) is 28.4. The maximum atomic E-state index is 13.1. The molecule has 21 atom stereocenters. The van der Waals surface area contributed by atoms with Crippen molar-refractivity contribution in [2.45, 2.75) is 206 Å². The van der Waals surface area contributed by atoms with Crippen LogP contribution in [-0.2, 0) is 33.2 Å². The molecule has 8 aliphatic rings. The van der Waals surface area contributed by atoms with Crippen molar-refractivity contribution in [2.24, 2.45) is 50.2 Å². The lowest BCUT2D eigenvalue weighted by Gasteiger charge is -2.71. The molecule has 0 aromatic carbocycles. The van der Waals surface area contributed by atoms with Gasteiger partial charge >= 0.3 is 5.97 Å². The van der Waals surface area contributed by atoms with Crippen LogP contribution in [0.3, 0.4) is 0 Å². The minimum Gasteiger partial charge on any atom is -0.481 e. The number of ether oxygens (including phenoxy) is 6. The van der Waals surface area contributed by atoms with Crippen LogP contribution >= 0.6 is 0 Å². The predicted octanol–water partition coefficient (Wildman–Crippen LogP) is 3.01. The van der Waals surface area contributed by atoms with Crippen molar-refractivity contribution >= 4 is 5.97 Å². The van der Waals surface area contributed by atoms with E-state index in [0.717, 1.165) is 57.8 Å². The molecule has 3 saturated heterocycles. The molecule has 348 valence electrons. The average Bonchev–Trinajstić information content (AvgIpc) is 3.18. The molecule has 5 aliphatic carbocycles. The Bertz CT molecular complexity index is 1670. The van der Waals surface area contributed by atoms with Gasteiger partial charge in [-0.15, -0.1) is 0 Å². The number of allylic oxidation sites excluding steroid dienone is 2. The Labute approximate surface area is 360 Å². The number of fused-ring (bicyclic) bond motifs is 7. The van der Waals surface area contributed by atoms with Crippen LogP contribution in [-0.4, -0.2) is 146 Å². The van der Waals surface area contributed by atoms with Gasteiger partial charge in [0.05, 0.1) is 30.8 Å². The van der Waals surface area contributed by atoms with Crippen molar-refractivity contribution in [2.75, 3.05) is 13.2 Å². The van der Waals surface area contributed by atoms with Gasteiger partial charge in [-0.2, -0.15) is 0 Å². The Hall–Kier alpha value is -1.31. The van der Waals surface area contributed by atoms with E-state index >= 15 is 0 Å². The first kappa shape index (κ1) is 46.2. The van der Waals surface area contributed by atoms with Gasteiger partial charge < -0.3 is 69.3 Å². The predicted molar refractivity (Wildman–Crippen MR) is 217 cm³/mol. The summed E-state index contributed by atoms with van der Waals surface area (Å²) >= 11 is 0. The van der Waals surface area contributed by atoms with E-state index in [1.807, 2.05) is 0 Å². The summed E-state index contributed by atoms with van der Waals surface area (Å²) in [5, 5.41) is 85.9. The molecule has 15 nitrogen and oxygen atoms in total. The molecule has 0 aromatic heterocycles. The van der Waals surface area contributed by atoms with E-state index in [2.05, 4.69) is 54.5 Å². The van der Waals surface area contributed by atoms with E-state index in [1.54, 1.807) is 0 Å². The molecule has 0 radical (unpaired) electrons. The van der Waals surface area contributed by atoms with Crippen LogP contribution in [0.2, 0.25) is 0 Å². The molecule has 0 amide bonds. The van der Waals surface area contributed by atoms with Crippen LogP contribution in [0.5, 0.6) is 0 Å². The topological polar surface area (TPSA) is 234 Å². The Morgan fingerprint density at radius 1 is 0.672 bits per heavy atom. The minimum atomic E-state index is -1.69. The van der Waals surface area contributed by atoms with E-state index in [1.165, 1.54) is 12.5 Å². The maximum Gasteiger partial charge on any atom is 0.310 e. The Balaban J connectivity index is 1.00. The Morgan fingerprint density at radius 2 is 1.31 bits per heavy atom. The summed E-state index contributed by atoms with van der Waals surface area (Å²) in [6, 6.07) is 0. The molecule has 8 N–H and O–H groups in total. The molecule has 61 heavy (non-hydrogen) atoms. The second-order valence-electron chi connectivity index (χ2n) is 22.6. The SMILES string of the molecule is C[C@@H]1O[C@H](O[C@@H]2[C@@H](O[C@H]3CC[C@]4(C)[C@H]5CC=C6[C@@H]7CC(C)(C)CC[C@]7(C(=O)O)CC[C@@]6(C)[C@]5(C)CC[C@H]4C3(C)C)OC[C@@H](O)[C@@H]2O)[C@H](O)[C@H](O[C@H]2OC[C@@H](O)[C@@H](O)[C@H]2O)[C@H]1O. The first-order valence-corrected chi connectivity index (χ1v) is 23.0. The van der Waals surface area contributed by atoms with E-state index in [4.69, 9.17) is 28.4 Å². The number of carboxylic acids is 1. The van der Waals surface area contributed by atoms with Crippen LogP contribution in [0.1, 0.15) is 120 Å². The standard InChI is InChI=1S/C46H74O15/c1-22-30(49)35(60-37-33(52)31(50)25(47)20-56-37)34(53)38(58-22)61-36-32(51)26(48)21-57-39(36)59-29-12-13-43(6)27(42(29,4)5)11-14-45(8)28(43)10-9-23-24-19-41(2,3)15-17-46(24,40(54)55)18-16-44(23,45)7/h9,22,24-39,47-53H,10-21H2,1-8H3,(H,54,55)/t22-,24-,25+,26+,27-,28+,29-,30-,31+,32-,33+,34+,35+,36-,37+,38+,39+,43-,44+,45+,46-/m0/s1. The summed E-state index contributed by atoms with van der Waals surface area (Å²) in [5.74, 6) is 0.0702. The summed E-state index contributed by atoms with van der Waals surface area (Å²) in [5.41, 5.74) is 0.298. The second kappa shape index (κ2) is 15.9. The van der Waals surface area contributed by atoms with E-state index in [9.17, 15) is 45.6 Å². The number of carbonyl (C=O) groups is 1. The van der Waals surface area contributed by atoms with E-state index in [-0.39, 0.29) is 58.2 Å². The lowest BCUT2D eigenvalue weighted by molar-refractivity contribution is -0.378. The highest BCUT2D eigenvalue weighted by atomic mass is 16.8. The number of aliphatic carboxylic acids is 1. The molecule has 15 heteroatoms. The van der Waals surface area contributed by atoms with Crippen LogP contribution < -0.4 is 0 Å². The molecular weight excluding hydrogens is 792 g/mol. The van der Waals surface area contributed by atoms with Gasteiger partial charge in [-0.3, -0.25) is 4.79 Å². The van der Waals surface area contributed by atoms with Gasteiger partial charge in [0.2, 0.25) is 0 Å². The van der Waals surface area contributed by atoms with Gasteiger partial charge in [0.25, 0.3) is 0 Å². The molecular formula is C46H74O15. The second-order valence-corrected chi connectivity index (χ2v) is 22.6. The smallest absolute Gasteiger partial charge is 0.310 e. The quantitative estimate of drug-likeness (QED) is 0.136. The fraction of sp³-hybridized carbons (Fsp3) is 0.935. The lowest BCUT2D eigenvalue weighted by Crippen LogP contribution is -2.66. The lowest BCUT2D eigenvalue weighted by atomic mass is 9.33. The van der Waals surface area contributed by atoms with Crippen molar-refractivity contribution < 1.29 is 74.1 Å². The Morgan fingerprint density at radius 3 is 2.00 bits per heavy atom. The van der Waals surface area contributed by atoms with Crippen molar-refractivity contribution in [3.05, 3.63) is 11.6 Å². The highest BCUT2D eigenvalue weighted by Crippen LogP contribution is 2.76. The van der Waals surface area contributed by atoms with Gasteiger partial charge in [-0.1, -0.05) is 60.1 Å². The van der Waals surface area contributed by atoms with Crippen molar-refractivity contribution in [1.29, 1.82) is 0 Å². The number of aliphatic hydroxyl groups excluding tert-OH is 7. The number of rotatable bonds is 7. The minimum absolute atomic E-state index is 0.0145. The molecule has 7 fully saturated rings. The summed E-state index contributed by atoms with van der Waals surface area (Å²) in [4.78, 5) is 13.1.